The van der Waals surface area contributed by atoms with E-state index in [-0.39, 0.29) is 5.91 Å². The van der Waals surface area contributed by atoms with E-state index in [0.717, 1.165) is 44.3 Å². The van der Waals surface area contributed by atoms with Gasteiger partial charge in [-0.15, -0.1) is 0 Å². The van der Waals surface area contributed by atoms with Crippen LogP contribution in [0.1, 0.15) is 38.2 Å². The Morgan fingerprint density at radius 3 is 2.68 bits per heavy atom. The van der Waals surface area contributed by atoms with Crippen molar-refractivity contribution in [3.63, 3.8) is 0 Å². The minimum Gasteiger partial charge on any atom is -0.389 e. The number of β-amino-alcohol motifs (C(OH)–C–C–N with tert-alkyl or cyclic N) is 1. The average molecular weight is 346 g/mol. The lowest BCUT2D eigenvalue weighted by Gasteiger charge is -2.35. The van der Waals surface area contributed by atoms with Crippen LogP contribution >= 0.6 is 0 Å². The van der Waals surface area contributed by atoms with Gasteiger partial charge in [0.2, 0.25) is 5.91 Å². The number of nitrogens with zero attached hydrogens (tertiary/aromatic N) is 2. The molecule has 25 heavy (non-hydrogen) atoms. The van der Waals surface area contributed by atoms with Crippen LogP contribution in [0.4, 0.5) is 0 Å². The molecule has 1 aromatic rings. The van der Waals surface area contributed by atoms with E-state index in [1.54, 1.807) is 6.92 Å². The first kappa shape index (κ1) is 18.4. The molecule has 0 unspecified atom stereocenters. The fourth-order valence-electron chi connectivity index (χ4n) is 4.31. The van der Waals surface area contributed by atoms with Crippen LogP contribution < -0.4 is 0 Å². The second kappa shape index (κ2) is 8.79. The molecular formula is C20H30N2O3. The van der Waals surface area contributed by atoms with Gasteiger partial charge in [0, 0.05) is 32.1 Å². The number of hydrogen-bond acceptors (Lipinski definition) is 4. The largest absolute Gasteiger partial charge is 0.389 e. The fraction of sp³-hybridized carbons (Fsp3) is 0.650. The molecule has 0 aliphatic carbocycles. The Bertz CT molecular complexity index is 551. The second-order valence-electron chi connectivity index (χ2n) is 7.28. The maximum Gasteiger partial charge on any atom is 0.219 e. The van der Waals surface area contributed by atoms with Crippen LogP contribution in [-0.2, 0) is 16.1 Å². The van der Waals surface area contributed by atoms with E-state index in [0.29, 0.717) is 31.8 Å². The molecule has 138 valence electrons. The van der Waals surface area contributed by atoms with E-state index in [4.69, 9.17) is 4.74 Å². The molecular weight excluding hydrogens is 316 g/mol. The highest BCUT2D eigenvalue weighted by molar-refractivity contribution is 5.74. The number of carbonyl (C=O) groups excluding carboxylic acids is 1. The third kappa shape index (κ3) is 4.81. The molecule has 0 aromatic heterocycles. The minimum absolute atomic E-state index is 0.182. The summed E-state index contributed by atoms with van der Waals surface area (Å²) in [6.07, 6.45) is 3.95. The monoisotopic (exact) mass is 346 g/mol. The molecule has 0 bridgehead atoms. The van der Waals surface area contributed by atoms with Crippen LogP contribution in [0.5, 0.6) is 0 Å². The molecule has 5 heteroatoms. The number of amides is 1. The van der Waals surface area contributed by atoms with Crippen LogP contribution in [0.2, 0.25) is 0 Å². The van der Waals surface area contributed by atoms with Crippen molar-refractivity contribution in [3.05, 3.63) is 35.9 Å². The third-order valence-corrected chi connectivity index (χ3v) is 5.43. The van der Waals surface area contributed by atoms with Crippen molar-refractivity contribution >= 4 is 5.91 Å². The van der Waals surface area contributed by atoms with Crippen molar-refractivity contribution in [3.8, 4) is 0 Å². The summed E-state index contributed by atoms with van der Waals surface area (Å²) in [5.74, 6) is 0.182. The third-order valence-electron chi connectivity index (χ3n) is 5.43. The number of hydrogen-bond donors (Lipinski definition) is 1. The number of carbonyl (C=O) groups is 1. The number of aliphatic hydroxyl groups is 1. The van der Waals surface area contributed by atoms with E-state index >= 15 is 0 Å². The molecule has 5 nitrogen and oxygen atoms in total. The van der Waals surface area contributed by atoms with Crippen molar-refractivity contribution < 1.29 is 14.6 Å². The minimum atomic E-state index is -0.489. The van der Waals surface area contributed by atoms with Gasteiger partial charge >= 0.3 is 0 Å². The normalized spacial score (nSPS) is 25.4. The number of aliphatic hydroxyl groups excluding tert-OH is 1. The molecule has 1 amide bonds. The zero-order chi connectivity index (χ0) is 17.6. The predicted octanol–water partition coefficient (Wildman–Crippen LogP) is 2.04. The van der Waals surface area contributed by atoms with E-state index in [1.807, 2.05) is 35.2 Å². The molecule has 3 atom stereocenters. The summed E-state index contributed by atoms with van der Waals surface area (Å²) in [6, 6.07) is 10.7. The standard InChI is InChI=1S/C20H30N2O3/c1-16(23)22-12-6-10-20(22)19-9-5-11-21(19)13-18(24)15-25-14-17-7-3-2-4-8-17/h2-4,7-8,18-20,24H,5-6,9-15H2,1H3/t18-,19+,20+/m0/s1. The highest BCUT2D eigenvalue weighted by Crippen LogP contribution is 2.30. The first-order valence-corrected chi connectivity index (χ1v) is 9.46. The molecule has 2 aliphatic heterocycles. The Morgan fingerprint density at radius 2 is 1.92 bits per heavy atom. The van der Waals surface area contributed by atoms with Crippen LogP contribution in [0, 0.1) is 0 Å². The van der Waals surface area contributed by atoms with E-state index in [1.165, 1.54) is 0 Å². The summed E-state index contributed by atoms with van der Waals surface area (Å²) < 4.78 is 5.67. The lowest BCUT2D eigenvalue weighted by atomic mass is 10.0. The Morgan fingerprint density at radius 1 is 1.20 bits per heavy atom. The van der Waals surface area contributed by atoms with Gasteiger partial charge < -0.3 is 14.7 Å². The van der Waals surface area contributed by atoms with Crippen molar-refractivity contribution in [1.82, 2.24) is 9.80 Å². The molecule has 1 aromatic carbocycles. The quantitative estimate of drug-likeness (QED) is 0.821. The molecule has 2 saturated heterocycles. The van der Waals surface area contributed by atoms with Gasteiger partial charge in [0.05, 0.1) is 19.3 Å². The van der Waals surface area contributed by atoms with Crippen molar-refractivity contribution in [2.75, 3.05) is 26.2 Å². The number of ether oxygens (including phenoxy) is 1. The summed E-state index contributed by atoms with van der Waals surface area (Å²) in [5.41, 5.74) is 1.12. The number of rotatable bonds is 7. The van der Waals surface area contributed by atoms with Crippen LogP contribution in [-0.4, -0.2) is 65.2 Å². The summed E-state index contributed by atoms with van der Waals surface area (Å²) in [4.78, 5) is 16.2. The van der Waals surface area contributed by atoms with Gasteiger partial charge in [-0.05, 0) is 37.8 Å². The van der Waals surface area contributed by atoms with Crippen LogP contribution in [0.15, 0.2) is 30.3 Å². The first-order valence-electron chi connectivity index (χ1n) is 9.46. The van der Waals surface area contributed by atoms with Crippen molar-refractivity contribution in [1.29, 1.82) is 0 Å². The highest BCUT2D eigenvalue weighted by Gasteiger charge is 2.39. The first-order chi connectivity index (χ1) is 12.1. The Balaban J connectivity index is 1.47. The average Bonchev–Trinajstić information content (AvgIpc) is 3.24. The number of benzene rings is 1. The molecule has 2 heterocycles. The topological polar surface area (TPSA) is 53.0 Å². The van der Waals surface area contributed by atoms with Gasteiger partial charge in [0.15, 0.2) is 0 Å². The Kier molecular flexibility index (Phi) is 6.45. The lowest BCUT2D eigenvalue weighted by molar-refractivity contribution is -0.130. The molecule has 0 radical (unpaired) electrons. The van der Waals surface area contributed by atoms with Crippen molar-refractivity contribution in [2.24, 2.45) is 0 Å². The van der Waals surface area contributed by atoms with Crippen LogP contribution in [0.3, 0.4) is 0 Å². The fourth-order valence-corrected chi connectivity index (χ4v) is 4.31. The highest BCUT2D eigenvalue weighted by atomic mass is 16.5. The van der Waals surface area contributed by atoms with E-state index in [9.17, 15) is 9.90 Å². The molecule has 0 spiro atoms. The number of likely N-dealkylation sites (tertiary alicyclic amines) is 2. The van der Waals surface area contributed by atoms with E-state index in [2.05, 4.69) is 4.90 Å². The van der Waals surface area contributed by atoms with Gasteiger partial charge in [-0.2, -0.15) is 0 Å². The zero-order valence-electron chi connectivity index (χ0n) is 15.1. The maximum atomic E-state index is 11.9. The van der Waals surface area contributed by atoms with Crippen LogP contribution in [0.25, 0.3) is 0 Å². The van der Waals surface area contributed by atoms with Gasteiger partial charge in [0.1, 0.15) is 0 Å². The maximum absolute atomic E-state index is 11.9. The zero-order valence-corrected chi connectivity index (χ0v) is 15.1. The van der Waals surface area contributed by atoms with Gasteiger partial charge in [-0.25, -0.2) is 0 Å². The molecule has 0 saturated carbocycles. The molecule has 2 aliphatic rings. The second-order valence-corrected chi connectivity index (χ2v) is 7.28. The Hall–Kier alpha value is -1.43. The summed E-state index contributed by atoms with van der Waals surface area (Å²) >= 11 is 0. The summed E-state index contributed by atoms with van der Waals surface area (Å²) in [7, 11) is 0. The van der Waals surface area contributed by atoms with Crippen molar-refractivity contribution in [2.45, 2.75) is 57.4 Å². The van der Waals surface area contributed by atoms with Gasteiger partial charge in [0.25, 0.3) is 0 Å². The molecule has 3 rings (SSSR count). The summed E-state index contributed by atoms with van der Waals surface area (Å²) in [6.45, 7) is 5.06. The summed E-state index contributed by atoms with van der Waals surface area (Å²) in [5, 5.41) is 10.4. The van der Waals surface area contributed by atoms with E-state index < -0.39 is 6.10 Å². The Labute approximate surface area is 150 Å². The van der Waals surface area contributed by atoms with Gasteiger partial charge in [-0.3, -0.25) is 9.69 Å². The molecule has 1 N–H and O–H groups in total. The smallest absolute Gasteiger partial charge is 0.219 e. The predicted molar refractivity (Wildman–Crippen MR) is 97.1 cm³/mol. The van der Waals surface area contributed by atoms with Gasteiger partial charge in [-0.1, -0.05) is 30.3 Å². The molecule has 2 fully saturated rings. The SMILES string of the molecule is CC(=O)N1CCC[C@@H]1[C@H]1CCCN1C[C@H](O)COCc1ccccc1. The lowest BCUT2D eigenvalue weighted by Crippen LogP contribution is -2.49.